The van der Waals surface area contributed by atoms with Crippen LogP contribution in [-0.2, 0) is 0 Å². The maximum Gasteiger partial charge on any atom is 0.193 e. The second-order valence-electron chi connectivity index (χ2n) is 5.47. The molecule has 4 nitrogen and oxygen atoms in total. The van der Waals surface area contributed by atoms with Crippen LogP contribution in [0.15, 0.2) is 29.3 Å². The largest absolute Gasteiger partial charge is 0.491 e. The van der Waals surface area contributed by atoms with Crippen LogP contribution in [-0.4, -0.2) is 56.2 Å². The van der Waals surface area contributed by atoms with Crippen molar-refractivity contribution >= 4 is 17.7 Å². The van der Waals surface area contributed by atoms with Gasteiger partial charge < -0.3 is 15.0 Å². The molecule has 1 aromatic rings. The highest BCUT2D eigenvalue weighted by Crippen LogP contribution is 2.15. The third-order valence-electron chi connectivity index (χ3n) is 3.49. The van der Waals surface area contributed by atoms with Crippen LogP contribution in [0.2, 0.25) is 0 Å². The van der Waals surface area contributed by atoms with Gasteiger partial charge in [0.05, 0.1) is 6.54 Å². The first-order valence-corrected chi connectivity index (χ1v) is 9.75. The Balaban J connectivity index is 2.39. The number of likely N-dealkylation sites (N-methyl/N-ethyl adjacent to an activating group) is 1. The van der Waals surface area contributed by atoms with Gasteiger partial charge in [0.1, 0.15) is 12.4 Å². The van der Waals surface area contributed by atoms with Crippen molar-refractivity contribution in [2.45, 2.75) is 26.7 Å². The first-order valence-electron chi connectivity index (χ1n) is 8.35. The Kier molecular flexibility index (Phi) is 10.4. The van der Waals surface area contributed by atoms with Gasteiger partial charge in [-0.15, -0.1) is 0 Å². The lowest BCUT2D eigenvalue weighted by Crippen LogP contribution is -2.41. The number of rotatable bonds is 10. The normalized spacial score (nSPS) is 11.4. The van der Waals surface area contributed by atoms with Gasteiger partial charge in [0.25, 0.3) is 0 Å². The van der Waals surface area contributed by atoms with E-state index in [0.717, 1.165) is 37.8 Å². The van der Waals surface area contributed by atoms with E-state index in [-0.39, 0.29) is 0 Å². The average molecular weight is 338 g/mol. The van der Waals surface area contributed by atoms with Crippen molar-refractivity contribution in [3.8, 4) is 5.75 Å². The molecule has 130 valence electrons. The van der Waals surface area contributed by atoms with Gasteiger partial charge >= 0.3 is 0 Å². The summed E-state index contributed by atoms with van der Waals surface area (Å²) in [7, 11) is 2.06. The second kappa shape index (κ2) is 12.1. The monoisotopic (exact) mass is 337 g/mol. The molecule has 0 saturated carbocycles. The van der Waals surface area contributed by atoms with Crippen molar-refractivity contribution in [2.24, 2.45) is 4.99 Å². The number of nitrogens with zero attached hydrogens (tertiary/aromatic N) is 2. The van der Waals surface area contributed by atoms with E-state index in [2.05, 4.69) is 43.4 Å². The maximum absolute atomic E-state index is 5.87. The zero-order chi connectivity index (χ0) is 16.9. The van der Waals surface area contributed by atoms with E-state index >= 15 is 0 Å². The molecule has 0 spiro atoms. The van der Waals surface area contributed by atoms with Crippen LogP contribution in [0, 0.1) is 6.92 Å². The molecular formula is C18H31N3OS. The Labute approximate surface area is 145 Å². The summed E-state index contributed by atoms with van der Waals surface area (Å²) in [6, 6.07) is 8.12. The Bertz CT molecular complexity index is 465. The van der Waals surface area contributed by atoms with Gasteiger partial charge in [-0.05, 0) is 50.3 Å². The number of thioether (sulfide) groups is 1. The molecule has 0 aliphatic heterocycles. The minimum atomic E-state index is 0.651. The minimum Gasteiger partial charge on any atom is -0.491 e. The number of hydrogen-bond donors (Lipinski definition) is 1. The second-order valence-corrected chi connectivity index (χ2v) is 6.46. The quantitative estimate of drug-likeness (QED) is 0.403. The number of unbranched alkanes of at least 4 members (excludes halogenated alkanes) is 1. The predicted octanol–water partition coefficient (Wildman–Crippen LogP) is 3.41. The first kappa shape index (κ1) is 19.7. The van der Waals surface area contributed by atoms with Crippen molar-refractivity contribution in [2.75, 3.05) is 45.3 Å². The number of aryl methyl sites for hydroxylation is 1. The van der Waals surface area contributed by atoms with Gasteiger partial charge in [-0.1, -0.05) is 18.2 Å². The molecule has 0 saturated heterocycles. The number of ether oxygens (including phenoxy) is 1. The molecule has 1 N–H and O–H groups in total. The molecule has 0 aliphatic rings. The van der Waals surface area contributed by atoms with Gasteiger partial charge in [0, 0.05) is 20.1 Å². The third kappa shape index (κ3) is 8.16. The molecule has 1 aromatic carbocycles. The Morgan fingerprint density at radius 2 is 2.09 bits per heavy atom. The van der Waals surface area contributed by atoms with Gasteiger partial charge in [-0.2, -0.15) is 11.8 Å². The Morgan fingerprint density at radius 3 is 2.78 bits per heavy atom. The van der Waals surface area contributed by atoms with Crippen molar-refractivity contribution in [3.05, 3.63) is 29.8 Å². The first-order chi connectivity index (χ1) is 11.2. The summed E-state index contributed by atoms with van der Waals surface area (Å²) in [5, 5.41) is 3.35. The highest BCUT2D eigenvalue weighted by molar-refractivity contribution is 7.98. The summed E-state index contributed by atoms with van der Waals surface area (Å²) in [5.74, 6) is 3.14. The number of nitrogens with one attached hydrogen (secondary N) is 1. The number of guanidine groups is 1. The maximum atomic E-state index is 5.87. The number of para-hydroxylation sites is 1. The van der Waals surface area contributed by atoms with Gasteiger partial charge in [0.2, 0.25) is 0 Å². The standard InChI is InChI=1S/C18H31N3OS/c1-5-19-18(20-12-8-9-15-23-4)21(3)13-14-22-17-11-7-6-10-16(17)2/h6-7,10-11H,5,8-9,12-15H2,1-4H3,(H,19,20). The molecule has 0 aliphatic carbocycles. The van der Waals surface area contributed by atoms with E-state index in [9.17, 15) is 0 Å². The van der Waals surface area contributed by atoms with Crippen molar-refractivity contribution in [1.29, 1.82) is 0 Å². The number of benzene rings is 1. The van der Waals surface area contributed by atoms with E-state index in [1.54, 1.807) is 0 Å². The molecule has 0 heterocycles. The topological polar surface area (TPSA) is 36.9 Å². The van der Waals surface area contributed by atoms with E-state index < -0.39 is 0 Å². The molecule has 0 unspecified atom stereocenters. The fraction of sp³-hybridized carbons (Fsp3) is 0.611. The third-order valence-corrected chi connectivity index (χ3v) is 4.19. The number of hydrogen-bond acceptors (Lipinski definition) is 3. The molecule has 0 radical (unpaired) electrons. The molecule has 0 fully saturated rings. The summed E-state index contributed by atoms with van der Waals surface area (Å²) in [5.41, 5.74) is 1.17. The molecule has 5 heteroatoms. The average Bonchev–Trinajstić information content (AvgIpc) is 2.55. The highest BCUT2D eigenvalue weighted by atomic mass is 32.2. The Morgan fingerprint density at radius 1 is 1.30 bits per heavy atom. The summed E-state index contributed by atoms with van der Waals surface area (Å²) < 4.78 is 5.87. The lowest BCUT2D eigenvalue weighted by atomic mass is 10.2. The minimum absolute atomic E-state index is 0.651. The van der Waals surface area contributed by atoms with Gasteiger partial charge in [-0.25, -0.2) is 0 Å². The molecule has 1 rings (SSSR count). The zero-order valence-electron chi connectivity index (χ0n) is 15.0. The SMILES string of the molecule is CCNC(=NCCCCSC)N(C)CCOc1ccccc1C. The molecule has 0 aromatic heterocycles. The van der Waals surface area contributed by atoms with Crippen LogP contribution >= 0.6 is 11.8 Å². The lowest BCUT2D eigenvalue weighted by molar-refractivity contribution is 0.280. The van der Waals surface area contributed by atoms with Crippen molar-refractivity contribution < 1.29 is 4.74 Å². The van der Waals surface area contributed by atoms with Crippen LogP contribution in [0.3, 0.4) is 0 Å². The smallest absolute Gasteiger partial charge is 0.193 e. The van der Waals surface area contributed by atoms with Crippen LogP contribution in [0.5, 0.6) is 5.75 Å². The molecule has 23 heavy (non-hydrogen) atoms. The van der Waals surface area contributed by atoms with Gasteiger partial charge in [-0.3, -0.25) is 4.99 Å². The predicted molar refractivity (Wildman–Crippen MR) is 103 cm³/mol. The van der Waals surface area contributed by atoms with Crippen LogP contribution < -0.4 is 10.1 Å². The fourth-order valence-electron chi connectivity index (χ4n) is 2.13. The molecular weight excluding hydrogens is 306 g/mol. The van der Waals surface area contributed by atoms with E-state index in [0.29, 0.717) is 6.61 Å². The van der Waals surface area contributed by atoms with E-state index in [1.165, 1.54) is 17.7 Å². The van der Waals surface area contributed by atoms with Crippen LogP contribution in [0.1, 0.15) is 25.3 Å². The van der Waals surface area contributed by atoms with Crippen LogP contribution in [0.25, 0.3) is 0 Å². The summed E-state index contributed by atoms with van der Waals surface area (Å²) in [6.45, 7) is 7.39. The zero-order valence-corrected chi connectivity index (χ0v) is 15.8. The molecule has 0 amide bonds. The van der Waals surface area contributed by atoms with E-state index in [1.807, 2.05) is 30.0 Å². The summed E-state index contributed by atoms with van der Waals surface area (Å²) in [4.78, 5) is 6.83. The van der Waals surface area contributed by atoms with E-state index in [4.69, 9.17) is 9.73 Å². The molecule has 0 bridgehead atoms. The summed E-state index contributed by atoms with van der Waals surface area (Å²) >= 11 is 1.90. The lowest BCUT2D eigenvalue weighted by Gasteiger charge is -2.22. The van der Waals surface area contributed by atoms with Crippen LogP contribution in [0.4, 0.5) is 0 Å². The summed E-state index contributed by atoms with van der Waals surface area (Å²) in [6.07, 6.45) is 4.52. The highest BCUT2D eigenvalue weighted by Gasteiger charge is 2.06. The van der Waals surface area contributed by atoms with Crippen molar-refractivity contribution in [3.63, 3.8) is 0 Å². The Hall–Kier alpha value is -1.36. The van der Waals surface area contributed by atoms with Crippen molar-refractivity contribution in [1.82, 2.24) is 10.2 Å². The van der Waals surface area contributed by atoms with Gasteiger partial charge in [0.15, 0.2) is 5.96 Å². The number of aliphatic imine (C=N–C) groups is 1. The molecule has 0 atom stereocenters. The fourth-order valence-corrected chi connectivity index (χ4v) is 2.62.